The van der Waals surface area contributed by atoms with Gasteiger partial charge >= 0.3 is 5.97 Å². The van der Waals surface area contributed by atoms with Crippen molar-refractivity contribution in [1.82, 2.24) is 9.88 Å². The average molecular weight is 281 g/mol. The first kappa shape index (κ1) is 12.9. The number of fused-ring (bicyclic) bond motifs is 1. The summed E-state index contributed by atoms with van der Waals surface area (Å²) < 4.78 is 4.65. The van der Waals surface area contributed by atoms with Gasteiger partial charge in [-0.25, -0.2) is 4.98 Å². The number of carbonyl (C=O) groups is 1. The predicted molar refractivity (Wildman–Crippen MR) is 74.5 cm³/mol. The van der Waals surface area contributed by atoms with Gasteiger partial charge in [0, 0.05) is 24.0 Å². The topological polar surface area (TPSA) is 54.5 Å². The molecule has 0 spiro atoms. The molecule has 6 heteroatoms. The van der Waals surface area contributed by atoms with Crippen molar-refractivity contribution >= 4 is 22.4 Å². The Balaban J connectivity index is 1.59. The standard InChI is InChI=1S/C13H19N3O2S/c1-18-12(17)7-9-8-19-13(14-9)15-10-4-6-16-5-2-3-11(10)16/h8,10-11H,2-7H2,1H3,(H,14,15). The zero-order chi connectivity index (χ0) is 13.2. The number of nitrogens with zero attached hydrogens (tertiary/aromatic N) is 2. The summed E-state index contributed by atoms with van der Waals surface area (Å²) in [6.45, 7) is 2.44. The minimum absolute atomic E-state index is 0.236. The molecule has 1 aromatic rings. The molecule has 0 saturated carbocycles. The van der Waals surface area contributed by atoms with Gasteiger partial charge in [-0.1, -0.05) is 0 Å². The van der Waals surface area contributed by atoms with Gasteiger partial charge in [0.2, 0.25) is 0 Å². The van der Waals surface area contributed by atoms with Crippen molar-refractivity contribution in [2.75, 3.05) is 25.5 Å². The fourth-order valence-electron chi connectivity index (χ4n) is 3.08. The number of carbonyl (C=O) groups excluding carboxylic acids is 1. The van der Waals surface area contributed by atoms with E-state index >= 15 is 0 Å². The van der Waals surface area contributed by atoms with Crippen molar-refractivity contribution in [3.8, 4) is 0 Å². The Morgan fingerprint density at radius 2 is 2.47 bits per heavy atom. The van der Waals surface area contributed by atoms with Crippen LogP contribution >= 0.6 is 11.3 Å². The van der Waals surface area contributed by atoms with E-state index in [1.54, 1.807) is 11.3 Å². The molecule has 0 aliphatic carbocycles. The Morgan fingerprint density at radius 1 is 1.58 bits per heavy atom. The molecule has 3 rings (SSSR count). The highest BCUT2D eigenvalue weighted by Crippen LogP contribution is 2.30. The van der Waals surface area contributed by atoms with E-state index in [-0.39, 0.29) is 12.4 Å². The van der Waals surface area contributed by atoms with Crippen molar-refractivity contribution in [2.24, 2.45) is 0 Å². The van der Waals surface area contributed by atoms with Crippen LogP contribution in [-0.4, -0.2) is 48.1 Å². The Labute approximate surface area is 117 Å². The van der Waals surface area contributed by atoms with Crippen LogP contribution in [0, 0.1) is 0 Å². The molecule has 5 nitrogen and oxygen atoms in total. The second kappa shape index (κ2) is 5.46. The molecule has 1 aromatic heterocycles. The van der Waals surface area contributed by atoms with Crippen molar-refractivity contribution in [3.05, 3.63) is 11.1 Å². The lowest BCUT2D eigenvalue weighted by Crippen LogP contribution is -2.33. The largest absolute Gasteiger partial charge is 0.469 e. The zero-order valence-corrected chi connectivity index (χ0v) is 11.9. The molecule has 19 heavy (non-hydrogen) atoms. The number of aromatic nitrogens is 1. The van der Waals surface area contributed by atoms with E-state index in [0.717, 1.165) is 10.8 Å². The normalized spacial score (nSPS) is 26.4. The zero-order valence-electron chi connectivity index (χ0n) is 11.1. The van der Waals surface area contributed by atoms with E-state index in [0.29, 0.717) is 12.1 Å². The molecule has 2 aliphatic rings. The number of hydrogen-bond donors (Lipinski definition) is 1. The molecule has 1 N–H and O–H groups in total. The molecule has 2 fully saturated rings. The number of anilines is 1. The number of esters is 1. The van der Waals surface area contributed by atoms with E-state index in [9.17, 15) is 4.79 Å². The quantitative estimate of drug-likeness (QED) is 0.848. The van der Waals surface area contributed by atoms with Crippen LogP contribution in [0.1, 0.15) is 25.0 Å². The molecular formula is C13H19N3O2S. The fourth-order valence-corrected chi connectivity index (χ4v) is 3.86. The lowest BCUT2D eigenvalue weighted by atomic mass is 10.1. The van der Waals surface area contributed by atoms with Crippen molar-refractivity contribution in [2.45, 2.75) is 37.8 Å². The summed E-state index contributed by atoms with van der Waals surface area (Å²) in [5.41, 5.74) is 0.792. The van der Waals surface area contributed by atoms with Crippen LogP contribution < -0.4 is 5.32 Å². The van der Waals surface area contributed by atoms with E-state index in [2.05, 4.69) is 19.9 Å². The number of ether oxygens (including phenoxy) is 1. The number of nitrogens with one attached hydrogen (secondary N) is 1. The number of methoxy groups -OCH3 is 1. The summed E-state index contributed by atoms with van der Waals surface area (Å²) in [6, 6.07) is 1.19. The van der Waals surface area contributed by atoms with Crippen LogP contribution in [0.2, 0.25) is 0 Å². The third kappa shape index (κ3) is 2.74. The number of rotatable bonds is 4. The van der Waals surface area contributed by atoms with E-state index in [1.165, 1.54) is 39.5 Å². The van der Waals surface area contributed by atoms with Gasteiger partial charge in [0.15, 0.2) is 5.13 Å². The van der Waals surface area contributed by atoms with Gasteiger partial charge in [-0.3, -0.25) is 9.69 Å². The SMILES string of the molecule is COC(=O)Cc1csc(NC2CCN3CCCC23)n1. The van der Waals surface area contributed by atoms with E-state index < -0.39 is 0 Å². The van der Waals surface area contributed by atoms with Gasteiger partial charge in [-0.15, -0.1) is 11.3 Å². The van der Waals surface area contributed by atoms with Crippen molar-refractivity contribution in [3.63, 3.8) is 0 Å². The molecule has 2 saturated heterocycles. The van der Waals surface area contributed by atoms with Crippen LogP contribution in [-0.2, 0) is 16.0 Å². The smallest absolute Gasteiger partial charge is 0.311 e. The minimum atomic E-state index is -0.236. The van der Waals surface area contributed by atoms with E-state index in [1.807, 2.05) is 5.38 Å². The van der Waals surface area contributed by atoms with Crippen molar-refractivity contribution < 1.29 is 9.53 Å². The van der Waals surface area contributed by atoms with Crippen LogP contribution in [0.5, 0.6) is 0 Å². The maximum Gasteiger partial charge on any atom is 0.311 e. The Morgan fingerprint density at radius 3 is 3.32 bits per heavy atom. The molecule has 104 valence electrons. The molecule has 0 radical (unpaired) electrons. The Kier molecular flexibility index (Phi) is 3.70. The first-order valence-electron chi connectivity index (χ1n) is 6.78. The highest BCUT2D eigenvalue weighted by Gasteiger charge is 2.37. The molecule has 2 atom stereocenters. The van der Waals surface area contributed by atoms with Gasteiger partial charge in [-0.2, -0.15) is 0 Å². The van der Waals surface area contributed by atoms with Crippen molar-refractivity contribution in [1.29, 1.82) is 0 Å². The molecule has 2 unspecified atom stereocenters. The third-order valence-electron chi connectivity index (χ3n) is 4.02. The van der Waals surface area contributed by atoms with Gasteiger partial charge in [0.1, 0.15) is 0 Å². The van der Waals surface area contributed by atoms with Crippen LogP contribution in [0.4, 0.5) is 5.13 Å². The maximum atomic E-state index is 11.2. The van der Waals surface area contributed by atoms with Gasteiger partial charge in [0.05, 0.1) is 19.2 Å². The van der Waals surface area contributed by atoms with Crippen LogP contribution in [0.15, 0.2) is 5.38 Å². The highest BCUT2D eigenvalue weighted by atomic mass is 32.1. The summed E-state index contributed by atoms with van der Waals surface area (Å²) in [5, 5.41) is 6.40. The summed E-state index contributed by atoms with van der Waals surface area (Å²) in [4.78, 5) is 18.2. The first-order valence-corrected chi connectivity index (χ1v) is 7.66. The molecular weight excluding hydrogens is 262 g/mol. The van der Waals surface area contributed by atoms with E-state index in [4.69, 9.17) is 0 Å². The summed E-state index contributed by atoms with van der Waals surface area (Å²) >= 11 is 1.57. The van der Waals surface area contributed by atoms with Gasteiger partial charge in [-0.05, 0) is 25.8 Å². The molecule has 0 amide bonds. The first-order chi connectivity index (χ1) is 9.26. The second-order valence-corrected chi connectivity index (χ2v) is 6.04. The van der Waals surface area contributed by atoms with Crippen LogP contribution in [0.25, 0.3) is 0 Å². The molecule has 3 heterocycles. The predicted octanol–water partition coefficient (Wildman–Crippen LogP) is 1.51. The molecule has 0 aromatic carbocycles. The highest BCUT2D eigenvalue weighted by molar-refractivity contribution is 7.13. The fraction of sp³-hybridized carbons (Fsp3) is 0.692. The summed E-state index contributed by atoms with van der Waals surface area (Å²) in [6.07, 6.45) is 4.05. The number of thiazole rings is 1. The second-order valence-electron chi connectivity index (χ2n) is 5.18. The Hall–Kier alpha value is -1.14. The summed E-state index contributed by atoms with van der Waals surface area (Å²) in [7, 11) is 1.40. The number of hydrogen-bond acceptors (Lipinski definition) is 6. The van der Waals surface area contributed by atoms with Gasteiger partial charge in [0.25, 0.3) is 0 Å². The maximum absolute atomic E-state index is 11.2. The average Bonchev–Trinajstić information content (AvgIpc) is 3.08. The molecule has 0 bridgehead atoms. The summed E-state index contributed by atoms with van der Waals surface area (Å²) in [5.74, 6) is -0.236. The Bertz CT molecular complexity index is 462. The third-order valence-corrected chi connectivity index (χ3v) is 4.84. The molecule has 2 aliphatic heterocycles. The lowest BCUT2D eigenvalue weighted by Gasteiger charge is -2.20. The minimum Gasteiger partial charge on any atom is -0.469 e. The van der Waals surface area contributed by atoms with Crippen LogP contribution in [0.3, 0.4) is 0 Å². The van der Waals surface area contributed by atoms with Gasteiger partial charge < -0.3 is 10.1 Å². The lowest BCUT2D eigenvalue weighted by molar-refractivity contribution is -0.139. The monoisotopic (exact) mass is 281 g/mol.